The van der Waals surface area contributed by atoms with Gasteiger partial charge in [0.2, 0.25) is 5.91 Å². The Morgan fingerprint density at radius 2 is 1.76 bits per heavy atom. The highest BCUT2D eigenvalue weighted by atomic mass is 32.2. The number of thioether (sulfide) groups is 1. The number of hydrogen-bond acceptors (Lipinski definition) is 4. The van der Waals surface area contributed by atoms with Crippen molar-refractivity contribution in [3.63, 3.8) is 0 Å². The van der Waals surface area contributed by atoms with Gasteiger partial charge in [0.25, 0.3) is 0 Å². The van der Waals surface area contributed by atoms with Crippen molar-refractivity contribution in [2.45, 2.75) is 32.0 Å². The predicted octanol–water partition coefficient (Wildman–Crippen LogP) is 2.82. The largest absolute Gasteiger partial charge is 0.481 e. The summed E-state index contributed by atoms with van der Waals surface area (Å²) in [5, 5.41) is 10.9. The quantitative estimate of drug-likeness (QED) is 0.763. The second kappa shape index (κ2) is 8.89. The fourth-order valence-electron chi connectivity index (χ4n) is 2.23. The standard InChI is InChI=1S/C16H18F3NO4S/c1-9(13(15(23)24)11-6-4-3-5-7-11)20-14(22)12(16(17,18)19)8-25-10(2)21/h3-7,9,12-13H,8H2,1-2H3,(H,20,22)(H,23,24)/t9-,12?,13-/m1/s1. The molecular weight excluding hydrogens is 359 g/mol. The Balaban J connectivity index is 2.93. The summed E-state index contributed by atoms with van der Waals surface area (Å²) in [7, 11) is 0. The van der Waals surface area contributed by atoms with Crippen LogP contribution in [0.5, 0.6) is 0 Å². The SMILES string of the molecule is CC(=O)SCC(C(=O)N[C@H](C)[C@@H](C(=O)O)c1ccccc1)C(F)(F)F. The second-order valence-electron chi connectivity index (χ2n) is 5.42. The minimum atomic E-state index is -4.84. The number of aliphatic carboxylic acids is 1. The average molecular weight is 377 g/mol. The van der Waals surface area contributed by atoms with Crippen LogP contribution in [0.25, 0.3) is 0 Å². The highest BCUT2D eigenvalue weighted by molar-refractivity contribution is 8.13. The lowest BCUT2D eigenvalue weighted by molar-refractivity contribution is -0.178. The van der Waals surface area contributed by atoms with Crippen LogP contribution in [0, 0.1) is 5.92 Å². The monoisotopic (exact) mass is 377 g/mol. The molecule has 3 atom stereocenters. The molecule has 0 aliphatic carbocycles. The van der Waals surface area contributed by atoms with E-state index >= 15 is 0 Å². The molecular formula is C16H18F3NO4S. The molecule has 0 fully saturated rings. The van der Waals surface area contributed by atoms with Gasteiger partial charge in [0.05, 0.1) is 0 Å². The van der Waals surface area contributed by atoms with Crippen LogP contribution in [0.3, 0.4) is 0 Å². The molecule has 0 bridgehead atoms. The molecule has 1 rings (SSSR count). The Bertz CT molecular complexity index is 622. The first-order valence-electron chi connectivity index (χ1n) is 7.32. The van der Waals surface area contributed by atoms with Gasteiger partial charge in [-0.25, -0.2) is 0 Å². The van der Waals surface area contributed by atoms with E-state index < -0.39 is 46.8 Å². The van der Waals surface area contributed by atoms with E-state index in [1.165, 1.54) is 19.1 Å². The summed E-state index contributed by atoms with van der Waals surface area (Å²) in [4.78, 5) is 34.4. The highest BCUT2D eigenvalue weighted by Gasteiger charge is 2.45. The number of rotatable bonds is 7. The molecule has 9 heteroatoms. The van der Waals surface area contributed by atoms with Crippen LogP contribution < -0.4 is 5.32 Å². The third-order valence-corrected chi connectivity index (χ3v) is 4.37. The number of nitrogens with one attached hydrogen (secondary N) is 1. The lowest BCUT2D eigenvalue weighted by Crippen LogP contribution is -2.47. The van der Waals surface area contributed by atoms with Gasteiger partial charge in [-0.1, -0.05) is 42.1 Å². The maximum atomic E-state index is 13.1. The zero-order valence-corrected chi connectivity index (χ0v) is 14.4. The fourth-order valence-corrected chi connectivity index (χ4v) is 2.98. The minimum Gasteiger partial charge on any atom is -0.481 e. The molecule has 0 heterocycles. The van der Waals surface area contributed by atoms with Crippen molar-refractivity contribution in [3.8, 4) is 0 Å². The van der Waals surface area contributed by atoms with Crippen molar-refractivity contribution in [1.82, 2.24) is 5.32 Å². The van der Waals surface area contributed by atoms with Gasteiger partial charge in [-0.2, -0.15) is 13.2 Å². The van der Waals surface area contributed by atoms with E-state index in [2.05, 4.69) is 5.32 Å². The molecule has 0 aromatic heterocycles. The molecule has 0 aliphatic rings. The number of carbonyl (C=O) groups excluding carboxylic acids is 2. The van der Waals surface area contributed by atoms with E-state index in [4.69, 9.17) is 0 Å². The first kappa shape index (κ1) is 21.0. The number of amides is 1. The van der Waals surface area contributed by atoms with Crippen molar-refractivity contribution in [2.24, 2.45) is 5.92 Å². The zero-order chi connectivity index (χ0) is 19.2. The predicted molar refractivity (Wildman–Crippen MR) is 87.1 cm³/mol. The molecule has 0 spiro atoms. The molecule has 0 aliphatic heterocycles. The summed E-state index contributed by atoms with van der Waals surface area (Å²) in [6.45, 7) is 2.43. The van der Waals surface area contributed by atoms with Gasteiger partial charge in [-0.05, 0) is 12.5 Å². The molecule has 1 aromatic rings. The molecule has 0 radical (unpaired) electrons. The number of hydrogen-bond donors (Lipinski definition) is 2. The third kappa shape index (κ3) is 6.41. The first-order valence-corrected chi connectivity index (χ1v) is 8.30. The summed E-state index contributed by atoms with van der Waals surface area (Å²) >= 11 is 0.397. The molecule has 138 valence electrons. The number of carbonyl (C=O) groups is 3. The van der Waals surface area contributed by atoms with Crippen LogP contribution in [0.15, 0.2) is 30.3 Å². The van der Waals surface area contributed by atoms with Gasteiger partial charge in [0.1, 0.15) is 11.8 Å². The molecule has 5 nitrogen and oxygen atoms in total. The molecule has 1 aromatic carbocycles. The van der Waals surface area contributed by atoms with Crippen molar-refractivity contribution in [1.29, 1.82) is 0 Å². The molecule has 0 saturated heterocycles. The second-order valence-corrected chi connectivity index (χ2v) is 6.62. The van der Waals surface area contributed by atoms with Gasteiger partial charge in [0, 0.05) is 18.7 Å². The molecule has 1 amide bonds. The average Bonchev–Trinajstić information content (AvgIpc) is 2.46. The fraction of sp³-hybridized carbons (Fsp3) is 0.438. The lowest BCUT2D eigenvalue weighted by atomic mass is 9.92. The zero-order valence-electron chi connectivity index (χ0n) is 13.5. The highest BCUT2D eigenvalue weighted by Crippen LogP contribution is 2.30. The summed E-state index contributed by atoms with van der Waals surface area (Å²) in [6, 6.07) is 6.84. The van der Waals surface area contributed by atoms with Crippen molar-refractivity contribution in [3.05, 3.63) is 35.9 Å². The molecule has 0 saturated carbocycles. The molecule has 25 heavy (non-hydrogen) atoms. The van der Waals surface area contributed by atoms with Crippen LogP contribution in [-0.2, 0) is 14.4 Å². The Labute approximate surface area is 147 Å². The van der Waals surface area contributed by atoms with Crippen LogP contribution in [0.4, 0.5) is 13.2 Å². The number of carboxylic acid groups (broad SMARTS) is 1. The lowest BCUT2D eigenvalue weighted by Gasteiger charge is -2.25. The van der Waals surface area contributed by atoms with Gasteiger partial charge in [0.15, 0.2) is 5.12 Å². The van der Waals surface area contributed by atoms with Crippen molar-refractivity contribution >= 4 is 28.8 Å². The first-order chi connectivity index (χ1) is 11.5. The third-order valence-electron chi connectivity index (χ3n) is 3.46. The van der Waals surface area contributed by atoms with E-state index in [0.717, 1.165) is 6.92 Å². The molecule has 2 N–H and O–H groups in total. The summed E-state index contributed by atoms with van der Waals surface area (Å²) in [5.41, 5.74) is 0.365. The Morgan fingerprint density at radius 1 is 1.20 bits per heavy atom. The van der Waals surface area contributed by atoms with E-state index in [9.17, 15) is 32.7 Å². The van der Waals surface area contributed by atoms with E-state index in [1.54, 1.807) is 18.2 Å². The van der Waals surface area contributed by atoms with Gasteiger partial charge < -0.3 is 10.4 Å². The summed E-state index contributed by atoms with van der Waals surface area (Å²) in [6.07, 6.45) is -4.84. The van der Waals surface area contributed by atoms with E-state index in [1.807, 2.05) is 0 Å². The van der Waals surface area contributed by atoms with Crippen molar-refractivity contribution in [2.75, 3.05) is 5.75 Å². The van der Waals surface area contributed by atoms with Gasteiger partial charge >= 0.3 is 12.1 Å². The van der Waals surface area contributed by atoms with Gasteiger partial charge in [-0.3, -0.25) is 14.4 Å². The minimum absolute atomic E-state index is 0.365. The van der Waals surface area contributed by atoms with Crippen LogP contribution in [-0.4, -0.2) is 40.1 Å². The van der Waals surface area contributed by atoms with E-state index in [0.29, 0.717) is 17.3 Å². The number of halogens is 3. The maximum Gasteiger partial charge on any atom is 0.401 e. The topological polar surface area (TPSA) is 83.5 Å². The molecule has 1 unspecified atom stereocenters. The maximum absolute atomic E-state index is 13.1. The Kier molecular flexibility index (Phi) is 7.47. The number of carboxylic acids is 1. The smallest absolute Gasteiger partial charge is 0.401 e. The van der Waals surface area contributed by atoms with Gasteiger partial charge in [-0.15, -0.1) is 0 Å². The normalized spacial score (nSPS) is 15.1. The van der Waals surface area contributed by atoms with E-state index in [-0.39, 0.29) is 0 Å². The van der Waals surface area contributed by atoms with Crippen LogP contribution in [0.2, 0.25) is 0 Å². The number of benzene rings is 1. The summed E-state index contributed by atoms with van der Waals surface area (Å²) < 4.78 is 39.2. The van der Waals surface area contributed by atoms with Crippen molar-refractivity contribution < 1.29 is 32.7 Å². The Morgan fingerprint density at radius 3 is 2.20 bits per heavy atom. The van der Waals surface area contributed by atoms with Crippen LogP contribution >= 0.6 is 11.8 Å². The van der Waals surface area contributed by atoms with Crippen LogP contribution in [0.1, 0.15) is 25.3 Å². The number of alkyl halides is 3. The summed E-state index contributed by atoms with van der Waals surface area (Å²) in [5.74, 6) is -6.95. The Hall–Kier alpha value is -2.03.